The van der Waals surface area contributed by atoms with E-state index in [1.54, 1.807) is 19.4 Å². The third kappa shape index (κ3) is 3.64. The average Bonchev–Trinajstić information content (AvgIpc) is 2.67. The van der Waals surface area contributed by atoms with Crippen LogP contribution in [0.1, 0.15) is 25.6 Å². The number of H-pyrrole nitrogens is 1. The Hall–Kier alpha value is -0.880. The molecule has 0 saturated carbocycles. The van der Waals surface area contributed by atoms with E-state index in [-0.39, 0.29) is 5.75 Å². The average molecular weight is 231 g/mol. The van der Waals surface area contributed by atoms with Gasteiger partial charge in [-0.2, -0.15) is 4.31 Å². The number of unbranched alkanes of at least 4 members (excludes halogenated alkanes) is 1. The molecule has 0 aromatic carbocycles. The van der Waals surface area contributed by atoms with Crippen molar-refractivity contribution < 1.29 is 8.42 Å². The number of aromatic nitrogens is 2. The first-order valence-corrected chi connectivity index (χ1v) is 6.59. The van der Waals surface area contributed by atoms with Crippen molar-refractivity contribution in [2.24, 2.45) is 0 Å². The van der Waals surface area contributed by atoms with Gasteiger partial charge in [-0.3, -0.25) is 0 Å². The second-order valence-electron chi connectivity index (χ2n) is 3.46. The fourth-order valence-electron chi connectivity index (χ4n) is 1.18. The first-order valence-electron chi connectivity index (χ1n) is 4.98. The number of nitrogens with zero attached hydrogens (tertiary/aromatic N) is 2. The molecule has 0 bridgehead atoms. The minimum absolute atomic E-state index is 0.209. The molecule has 0 saturated heterocycles. The van der Waals surface area contributed by atoms with E-state index in [2.05, 4.69) is 9.97 Å². The summed E-state index contributed by atoms with van der Waals surface area (Å²) in [6.45, 7) is 2.28. The Bertz CT molecular complexity index is 372. The summed E-state index contributed by atoms with van der Waals surface area (Å²) in [4.78, 5) is 6.87. The fraction of sp³-hybridized carbons (Fsp3) is 0.667. The van der Waals surface area contributed by atoms with Crippen molar-refractivity contribution in [2.75, 3.05) is 12.8 Å². The van der Waals surface area contributed by atoms with Crippen molar-refractivity contribution in [3.05, 3.63) is 18.2 Å². The zero-order chi connectivity index (χ0) is 11.3. The van der Waals surface area contributed by atoms with Crippen molar-refractivity contribution >= 4 is 10.0 Å². The number of hydrogen-bond acceptors (Lipinski definition) is 3. The molecule has 1 aromatic heterocycles. The highest BCUT2D eigenvalue weighted by molar-refractivity contribution is 7.89. The third-order valence-electron chi connectivity index (χ3n) is 2.16. The van der Waals surface area contributed by atoms with Crippen LogP contribution in [0, 0.1) is 0 Å². The van der Waals surface area contributed by atoms with Crippen molar-refractivity contribution in [1.29, 1.82) is 0 Å². The molecular formula is C9H17N3O2S. The van der Waals surface area contributed by atoms with Crippen LogP contribution in [-0.4, -0.2) is 35.5 Å². The van der Waals surface area contributed by atoms with Gasteiger partial charge >= 0.3 is 0 Å². The van der Waals surface area contributed by atoms with Crippen molar-refractivity contribution in [3.8, 4) is 0 Å². The Morgan fingerprint density at radius 1 is 1.53 bits per heavy atom. The van der Waals surface area contributed by atoms with E-state index in [1.807, 2.05) is 6.92 Å². The van der Waals surface area contributed by atoms with Crippen LogP contribution in [-0.2, 0) is 16.6 Å². The summed E-state index contributed by atoms with van der Waals surface area (Å²) in [6, 6.07) is 0. The number of imidazole rings is 1. The number of nitrogens with one attached hydrogen (secondary N) is 1. The Labute approximate surface area is 90.6 Å². The lowest BCUT2D eigenvalue weighted by atomic mass is 10.4. The van der Waals surface area contributed by atoms with Crippen LogP contribution in [0.4, 0.5) is 0 Å². The molecule has 0 fully saturated rings. The minimum atomic E-state index is -3.13. The molecule has 0 aliphatic heterocycles. The van der Waals surface area contributed by atoms with Crippen LogP contribution >= 0.6 is 0 Å². The van der Waals surface area contributed by atoms with Crippen LogP contribution in [0.5, 0.6) is 0 Å². The van der Waals surface area contributed by atoms with Gasteiger partial charge in [0.05, 0.1) is 12.3 Å². The standard InChI is InChI=1S/C9H17N3O2S/c1-3-4-7-15(13,14)12(2)8-9-10-5-6-11-9/h5-6H,3-4,7-8H2,1-2H3,(H,10,11). The van der Waals surface area contributed by atoms with Gasteiger partial charge in [-0.1, -0.05) is 13.3 Å². The highest BCUT2D eigenvalue weighted by Gasteiger charge is 2.17. The quantitative estimate of drug-likeness (QED) is 0.793. The molecule has 0 unspecified atom stereocenters. The van der Waals surface area contributed by atoms with E-state index in [4.69, 9.17) is 0 Å². The van der Waals surface area contributed by atoms with Crippen LogP contribution in [0.25, 0.3) is 0 Å². The van der Waals surface area contributed by atoms with Crippen LogP contribution in [0.3, 0.4) is 0 Å². The Morgan fingerprint density at radius 2 is 2.27 bits per heavy atom. The zero-order valence-corrected chi connectivity index (χ0v) is 9.92. The fourth-order valence-corrected chi connectivity index (χ4v) is 2.46. The molecule has 1 N–H and O–H groups in total. The number of sulfonamides is 1. The lowest BCUT2D eigenvalue weighted by molar-refractivity contribution is 0.456. The Balaban J connectivity index is 2.56. The summed E-state index contributed by atoms with van der Waals surface area (Å²) >= 11 is 0. The molecular weight excluding hydrogens is 214 g/mol. The first-order chi connectivity index (χ1) is 7.06. The molecule has 1 aromatic rings. The van der Waals surface area contributed by atoms with Crippen molar-refractivity contribution in [1.82, 2.24) is 14.3 Å². The highest BCUT2D eigenvalue weighted by Crippen LogP contribution is 2.05. The van der Waals surface area contributed by atoms with Crippen LogP contribution in [0.2, 0.25) is 0 Å². The van der Waals surface area contributed by atoms with Gasteiger partial charge in [-0.05, 0) is 6.42 Å². The zero-order valence-electron chi connectivity index (χ0n) is 9.10. The minimum Gasteiger partial charge on any atom is -0.347 e. The topological polar surface area (TPSA) is 66.1 Å². The SMILES string of the molecule is CCCCS(=O)(=O)N(C)Cc1ncc[nH]1. The van der Waals surface area contributed by atoms with Gasteiger partial charge in [0, 0.05) is 19.4 Å². The van der Waals surface area contributed by atoms with E-state index in [0.29, 0.717) is 18.8 Å². The molecule has 5 nitrogen and oxygen atoms in total. The molecule has 0 radical (unpaired) electrons. The maximum absolute atomic E-state index is 11.7. The molecule has 6 heteroatoms. The lowest BCUT2D eigenvalue weighted by Gasteiger charge is -2.15. The van der Waals surface area contributed by atoms with Crippen LogP contribution in [0.15, 0.2) is 12.4 Å². The molecule has 15 heavy (non-hydrogen) atoms. The van der Waals surface area contributed by atoms with Gasteiger partial charge in [0.1, 0.15) is 5.82 Å². The summed E-state index contributed by atoms with van der Waals surface area (Å²) in [5.41, 5.74) is 0. The third-order valence-corrected chi connectivity index (χ3v) is 4.04. The monoisotopic (exact) mass is 231 g/mol. The van der Waals surface area contributed by atoms with Gasteiger partial charge in [-0.15, -0.1) is 0 Å². The van der Waals surface area contributed by atoms with E-state index >= 15 is 0 Å². The van der Waals surface area contributed by atoms with Gasteiger partial charge in [0.15, 0.2) is 0 Å². The predicted molar refractivity (Wildman–Crippen MR) is 58.7 cm³/mol. The van der Waals surface area contributed by atoms with E-state index in [9.17, 15) is 8.42 Å². The molecule has 0 aliphatic rings. The van der Waals surface area contributed by atoms with Crippen molar-refractivity contribution in [2.45, 2.75) is 26.3 Å². The normalized spacial score (nSPS) is 12.2. The lowest BCUT2D eigenvalue weighted by Crippen LogP contribution is -2.29. The Morgan fingerprint density at radius 3 is 2.80 bits per heavy atom. The maximum Gasteiger partial charge on any atom is 0.214 e. The van der Waals surface area contributed by atoms with E-state index < -0.39 is 10.0 Å². The van der Waals surface area contributed by atoms with Crippen molar-refractivity contribution in [3.63, 3.8) is 0 Å². The van der Waals surface area contributed by atoms with Gasteiger partial charge in [0.25, 0.3) is 0 Å². The number of hydrogen-bond donors (Lipinski definition) is 1. The molecule has 0 atom stereocenters. The summed E-state index contributed by atoms with van der Waals surface area (Å²) in [5.74, 6) is 0.873. The summed E-state index contributed by atoms with van der Waals surface area (Å²) < 4.78 is 24.7. The highest BCUT2D eigenvalue weighted by atomic mass is 32.2. The van der Waals surface area contributed by atoms with Gasteiger partial charge in [-0.25, -0.2) is 13.4 Å². The molecule has 1 rings (SSSR count). The molecule has 0 spiro atoms. The first kappa shape index (κ1) is 12.2. The smallest absolute Gasteiger partial charge is 0.214 e. The van der Waals surface area contributed by atoms with Gasteiger partial charge < -0.3 is 4.98 Å². The summed E-state index contributed by atoms with van der Waals surface area (Å²) in [6.07, 6.45) is 4.88. The molecule has 86 valence electrons. The summed E-state index contributed by atoms with van der Waals surface area (Å²) in [5, 5.41) is 0. The molecule has 1 heterocycles. The van der Waals surface area contributed by atoms with Crippen LogP contribution < -0.4 is 0 Å². The van der Waals surface area contributed by atoms with E-state index in [1.165, 1.54) is 4.31 Å². The number of rotatable bonds is 6. The van der Waals surface area contributed by atoms with Gasteiger partial charge in [0.2, 0.25) is 10.0 Å². The second kappa shape index (κ2) is 5.27. The predicted octanol–water partition coefficient (Wildman–Crippen LogP) is 0.971. The largest absolute Gasteiger partial charge is 0.347 e. The summed E-state index contributed by atoms with van der Waals surface area (Å²) in [7, 11) is -1.55. The number of aromatic amines is 1. The molecule has 0 amide bonds. The van der Waals surface area contributed by atoms with E-state index in [0.717, 1.165) is 6.42 Å². The maximum atomic E-state index is 11.7. The second-order valence-corrected chi connectivity index (χ2v) is 5.66. The Kier molecular flexibility index (Phi) is 4.28. The molecule has 0 aliphatic carbocycles.